The van der Waals surface area contributed by atoms with E-state index in [0.717, 1.165) is 28.8 Å². The first-order valence-corrected chi connectivity index (χ1v) is 5.92. The Morgan fingerprint density at radius 3 is 2.88 bits per heavy atom. The van der Waals surface area contributed by atoms with E-state index in [9.17, 15) is 0 Å². The first kappa shape index (κ1) is 11.9. The zero-order chi connectivity index (χ0) is 12.3. The standard InChI is InChI=1S/C14H18N2O/c1-10(9-17)8-15-14-11(2)7-12-5-3-4-6-13(12)16-14/h3-7,10,17H,8-9H2,1-2H3,(H,15,16). The summed E-state index contributed by atoms with van der Waals surface area (Å²) in [6, 6.07) is 10.2. The van der Waals surface area contributed by atoms with E-state index >= 15 is 0 Å². The maximum atomic E-state index is 8.99. The Morgan fingerprint density at radius 1 is 1.35 bits per heavy atom. The van der Waals surface area contributed by atoms with Gasteiger partial charge in [-0.15, -0.1) is 0 Å². The molecule has 0 fully saturated rings. The van der Waals surface area contributed by atoms with Gasteiger partial charge in [0.15, 0.2) is 0 Å². The summed E-state index contributed by atoms with van der Waals surface area (Å²) >= 11 is 0. The molecule has 1 unspecified atom stereocenters. The van der Waals surface area contributed by atoms with Crippen LogP contribution >= 0.6 is 0 Å². The fraction of sp³-hybridized carbons (Fsp3) is 0.357. The van der Waals surface area contributed by atoms with Crippen LogP contribution in [-0.4, -0.2) is 23.2 Å². The van der Waals surface area contributed by atoms with Crippen LogP contribution < -0.4 is 5.32 Å². The minimum Gasteiger partial charge on any atom is -0.396 e. The van der Waals surface area contributed by atoms with Gasteiger partial charge in [0.25, 0.3) is 0 Å². The maximum Gasteiger partial charge on any atom is 0.129 e. The molecule has 0 aliphatic carbocycles. The summed E-state index contributed by atoms with van der Waals surface area (Å²) in [6.07, 6.45) is 0. The van der Waals surface area contributed by atoms with Gasteiger partial charge in [-0.3, -0.25) is 0 Å². The lowest BCUT2D eigenvalue weighted by Gasteiger charge is -2.13. The average molecular weight is 230 g/mol. The summed E-state index contributed by atoms with van der Waals surface area (Å²) in [6.45, 7) is 4.98. The molecule has 0 bridgehead atoms. The monoisotopic (exact) mass is 230 g/mol. The number of nitrogens with zero attached hydrogens (tertiary/aromatic N) is 1. The van der Waals surface area contributed by atoms with E-state index in [0.29, 0.717) is 0 Å². The molecule has 2 rings (SSSR count). The number of para-hydroxylation sites is 1. The number of aliphatic hydroxyl groups excluding tert-OH is 1. The minimum atomic E-state index is 0.194. The van der Waals surface area contributed by atoms with Crippen LogP contribution in [0.2, 0.25) is 0 Å². The van der Waals surface area contributed by atoms with Gasteiger partial charge in [0.2, 0.25) is 0 Å². The summed E-state index contributed by atoms with van der Waals surface area (Å²) < 4.78 is 0. The van der Waals surface area contributed by atoms with Gasteiger partial charge in [0.05, 0.1) is 5.52 Å². The molecule has 1 aromatic heterocycles. The molecule has 2 N–H and O–H groups in total. The lowest BCUT2D eigenvalue weighted by molar-refractivity contribution is 0.244. The number of hydrogen-bond donors (Lipinski definition) is 2. The first-order chi connectivity index (χ1) is 8.20. The average Bonchev–Trinajstić information content (AvgIpc) is 2.35. The lowest BCUT2D eigenvalue weighted by atomic mass is 10.1. The predicted molar refractivity (Wildman–Crippen MR) is 71.2 cm³/mol. The van der Waals surface area contributed by atoms with Crippen molar-refractivity contribution in [2.24, 2.45) is 5.92 Å². The summed E-state index contributed by atoms with van der Waals surface area (Å²) in [4.78, 5) is 4.59. The molecule has 17 heavy (non-hydrogen) atoms. The van der Waals surface area contributed by atoms with Crippen LogP contribution in [0.5, 0.6) is 0 Å². The quantitative estimate of drug-likeness (QED) is 0.848. The number of pyridine rings is 1. The molecule has 0 aliphatic rings. The molecule has 0 amide bonds. The molecule has 90 valence electrons. The van der Waals surface area contributed by atoms with E-state index in [1.165, 1.54) is 0 Å². The second kappa shape index (κ2) is 5.15. The SMILES string of the molecule is Cc1cc2ccccc2nc1NCC(C)CO. The van der Waals surface area contributed by atoms with Crippen molar-refractivity contribution >= 4 is 16.7 Å². The fourth-order valence-electron chi connectivity index (χ4n) is 1.74. The molecule has 3 heteroatoms. The Hall–Kier alpha value is -1.61. The summed E-state index contributed by atoms with van der Waals surface area (Å²) in [7, 11) is 0. The molecule has 1 aromatic carbocycles. The van der Waals surface area contributed by atoms with Crippen molar-refractivity contribution in [2.45, 2.75) is 13.8 Å². The van der Waals surface area contributed by atoms with Crippen LogP contribution in [0.15, 0.2) is 30.3 Å². The van der Waals surface area contributed by atoms with Crippen LogP contribution in [0.3, 0.4) is 0 Å². The number of hydrogen-bond acceptors (Lipinski definition) is 3. The molecule has 0 spiro atoms. The Morgan fingerprint density at radius 2 is 2.12 bits per heavy atom. The third-order valence-electron chi connectivity index (χ3n) is 2.84. The molecule has 2 aromatic rings. The number of aryl methyl sites for hydroxylation is 1. The predicted octanol–water partition coefficient (Wildman–Crippen LogP) is 2.58. The third-order valence-corrected chi connectivity index (χ3v) is 2.84. The van der Waals surface area contributed by atoms with Crippen molar-refractivity contribution in [1.29, 1.82) is 0 Å². The largest absolute Gasteiger partial charge is 0.396 e. The van der Waals surface area contributed by atoms with Gasteiger partial charge in [0, 0.05) is 18.5 Å². The summed E-state index contributed by atoms with van der Waals surface area (Å²) in [5.41, 5.74) is 2.13. The van der Waals surface area contributed by atoms with Gasteiger partial charge in [-0.2, -0.15) is 0 Å². The van der Waals surface area contributed by atoms with Gasteiger partial charge in [-0.1, -0.05) is 25.1 Å². The van der Waals surface area contributed by atoms with Crippen molar-refractivity contribution in [1.82, 2.24) is 4.98 Å². The van der Waals surface area contributed by atoms with E-state index in [-0.39, 0.29) is 12.5 Å². The number of anilines is 1. The van der Waals surface area contributed by atoms with E-state index in [1.807, 2.05) is 32.0 Å². The second-order valence-corrected chi connectivity index (χ2v) is 4.52. The topological polar surface area (TPSA) is 45.2 Å². The number of fused-ring (bicyclic) bond motifs is 1. The van der Waals surface area contributed by atoms with E-state index in [1.54, 1.807) is 0 Å². The molecule has 0 saturated carbocycles. The van der Waals surface area contributed by atoms with Crippen molar-refractivity contribution < 1.29 is 5.11 Å². The second-order valence-electron chi connectivity index (χ2n) is 4.52. The highest BCUT2D eigenvalue weighted by Crippen LogP contribution is 2.19. The smallest absolute Gasteiger partial charge is 0.129 e. The van der Waals surface area contributed by atoms with E-state index < -0.39 is 0 Å². The molecule has 3 nitrogen and oxygen atoms in total. The molecular formula is C14H18N2O. The van der Waals surface area contributed by atoms with Crippen molar-refractivity contribution in [2.75, 3.05) is 18.5 Å². The number of nitrogens with one attached hydrogen (secondary N) is 1. The zero-order valence-electron chi connectivity index (χ0n) is 10.3. The summed E-state index contributed by atoms with van der Waals surface area (Å²) in [5.74, 6) is 1.15. The van der Waals surface area contributed by atoms with Crippen molar-refractivity contribution in [3.63, 3.8) is 0 Å². The first-order valence-electron chi connectivity index (χ1n) is 5.92. The van der Waals surface area contributed by atoms with E-state index in [2.05, 4.69) is 22.4 Å². The highest BCUT2D eigenvalue weighted by molar-refractivity contribution is 5.81. The Balaban J connectivity index is 2.25. The third kappa shape index (κ3) is 2.74. The number of aromatic nitrogens is 1. The molecule has 1 atom stereocenters. The van der Waals surface area contributed by atoms with Gasteiger partial charge in [-0.25, -0.2) is 4.98 Å². The lowest BCUT2D eigenvalue weighted by Crippen LogP contribution is -2.15. The Kier molecular flexibility index (Phi) is 3.59. The summed E-state index contributed by atoms with van der Waals surface area (Å²) in [5, 5.41) is 13.4. The van der Waals surface area contributed by atoms with Crippen LogP contribution in [0.25, 0.3) is 10.9 Å². The van der Waals surface area contributed by atoms with Crippen LogP contribution in [-0.2, 0) is 0 Å². The molecule has 0 aliphatic heterocycles. The fourth-order valence-corrected chi connectivity index (χ4v) is 1.74. The van der Waals surface area contributed by atoms with Crippen LogP contribution in [0, 0.1) is 12.8 Å². The molecule has 0 saturated heterocycles. The van der Waals surface area contributed by atoms with E-state index in [4.69, 9.17) is 5.11 Å². The highest BCUT2D eigenvalue weighted by atomic mass is 16.3. The zero-order valence-corrected chi connectivity index (χ0v) is 10.3. The minimum absolute atomic E-state index is 0.194. The number of aliphatic hydroxyl groups is 1. The van der Waals surface area contributed by atoms with Crippen molar-refractivity contribution in [3.05, 3.63) is 35.9 Å². The number of benzene rings is 1. The Labute approximate surface area is 102 Å². The number of rotatable bonds is 4. The maximum absolute atomic E-state index is 8.99. The Bertz CT molecular complexity index is 511. The van der Waals surface area contributed by atoms with Gasteiger partial charge >= 0.3 is 0 Å². The highest BCUT2D eigenvalue weighted by Gasteiger charge is 2.04. The van der Waals surface area contributed by atoms with Crippen molar-refractivity contribution in [3.8, 4) is 0 Å². The van der Waals surface area contributed by atoms with Gasteiger partial charge in [0.1, 0.15) is 5.82 Å². The molecule has 0 radical (unpaired) electrons. The van der Waals surface area contributed by atoms with Gasteiger partial charge in [-0.05, 0) is 30.5 Å². The normalized spacial score (nSPS) is 12.6. The van der Waals surface area contributed by atoms with Gasteiger partial charge < -0.3 is 10.4 Å². The van der Waals surface area contributed by atoms with Crippen LogP contribution in [0.1, 0.15) is 12.5 Å². The van der Waals surface area contributed by atoms with Crippen LogP contribution in [0.4, 0.5) is 5.82 Å². The molecular weight excluding hydrogens is 212 g/mol. The molecule has 1 heterocycles.